The molecule has 0 aliphatic carbocycles. The second kappa shape index (κ2) is 8.47. The summed E-state index contributed by atoms with van der Waals surface area (Å²) in [6.45, 7) is 11.3. The number of amides is 2. The van der Waals surface area contributed by atoms with Crippen molar-refractivity contribution in [2.24, 2.45) is 11.8 Å². The highest BCUT2D eigenvalue weighted by molar-refractivity contribution is 5.74. The molecule has 1 aliphatic heterocycles. The number of carbonyl (C=O) groups is 1. The molecule has 0 aromatic heterocycles. The van der Waals surface area contributed by atoms with Gasteiger partial charge in [-0.15, -0.1) is 0 Å². The summed E-state index contributed by atoms with van der Waals surface area (Å²) in [5.41, 5.74) is 0. The summed E-state index contributed by atoms with van der Waals surface area (Å²) >= 11 is 0. The maximum atomic E-state index is 11.8. The fourth-order valence-corrected chi connectivity index (χ4v) is 2.60. The van der Waals surface area contributed by atoms with Gasteiger partial charge in [0, 0.05) is 31.8 Å². The zero-order valence-electron chi connectivity index (χ0n) is 13.4. The predicted molar refractivity (Wildman–Crippen MR) is 81.7 cm³/mol. The monoisotopic (exact) mass is 285 g/mol. The van der Waals surface area contributed by atoms with Gasteiger partial charge in [0.15, 0.2) is 0 Å². The fourth-order valence-electron chi connectivity index (χ4n) is 2.60. The van der Waals surface area contributed by atoms with Crippen molar-refractivity contribution in [2.45, 2.75) is 52.6 Å². The van der Waals surface area contributed by atoms with Gasteiger partial charge in [0.2, 0.25) is 0 Å². The molecule has 20 heavy (non-hydrogen) atoms. The first kappa shape index (κ1) is 17.2. The normalized spacial score (nSPS) is 22.8. The number of aliphatic hydroxyl groups is 1. The lowest BCUT2D eigenvalue weighted by Crippen LogP contribution is -2.48. The van der Waals surface area contributed by atoms with Crippen LogP contribution in [0.25, 0.3) is 0 Å². The Morgan fingerprint density at radius 1 is 1.35 bits per heavy atom. The highest BCUT2D eigenvalue weighted by atomic mass is 16.3. The van der Waals surface area contributed by atoms with E-state index in [1.807, 2.05) is 13.8 Å². The number of likely N-dealkylation sites (tertiary alicyclic amines) is 1. The van der Waals surface area contributed by atoms with Crippen LogP contribution in [0.2, 0.25) is 0 Å². The molecule has 0 aromatic rings. The SMILES string of the molecule is CC(C)CN1CCC[C@H]1CNC(=O)NC(C)C(C)CO. The average molecular weight is 285 g/mol. The number of nitrogens with zero attached hydrogens (tertiary/aromatic N) is 1. The first-order valence-corrected chi connectivity index (χ1v) is 7.83. The van der Waals surface area contributed by atoms with E-state index in [9.17, 15) is 4.79 Å². The molecule has 2 amide bonds. The highest BCUT2D eigenvalue weighted by Gasteiger charge is 2.25. The highest BCUT2D eigenvalue weighted by Crippen LogP contribution is 2.17. The third-order valence-electron chi connectivity index (χ3n) is 4.10. The van der Waals surface area contributed by atoms with Crippen LogP contribution in [0, 0.1) is 11.8 Å². The van der Waals surface area contributed by atoms with Crippen molar-refractivity contribution in [3.05, 3.63) is 0 Å². The minimum absolute atomic E-state index is 0.0182. The Kier molecular flexibility index (Phi) is 7.30. The maximum Gasteiger partial charge on any atom is 0.315 e. The van der Waals surface area contributed by atoms with Gasteiger partial charge >= 0.3 is 6.03 Å². The Labute approximate surface area is 123 Å². The van der Waals surface area contributed by atoms with E-state index in [1.54, 1.807) is 0 Å². The van der Waals surface area contributed by atoms with E-state index >= 15 is 0 Å². The fraction of sp³-hybridized carbons (Fsp3) is 0.933. The van der Waals surface area contributed by atoms with Crippen LogP contribution in [0.4, 0.5) is 4.79 Å². The molecule has 0 spiro atoms. The van der Waals surface area contributed by atoms with Crippen LogP contribution in [0.1, 0.15) is 40.5 Å². The molecule has 5 heteroatoms. The molecule has 0 bridgehead atoms. The quantitative estimate of drug-likeness (QED) is 0.663. The van der Waals surface area contributed by atoms with Crippen LogP contribution in [-0.4, -0.2) is 54.4 Å². The molecule has 3 atom stereocenters. The van der Waals surface area contributed by atoms with Gasteiger partial charge in [-0.05, 0) is 38.1 Å². The molecule has 2 unspecified atom stereocenters. The third kappa shape index (κ3) is 5.67. The van der Waals surface area contributed by atoms with E-state index in [1.165, 1.54) is 6.42 Å². The minimum atomic E-state index is -0.130. The molecule has 1 fully saturated rings. The van der Waals surface area contributed by atoms with Gasteiger partial charge in [-0.3, -0.25) is 4.90 Å². The Morgan fingerprint density at radius 2 is 2.05 bits per heavy atom. The van der Waals surface area contributed by atoms with Gasteiger partial charge in [0.05, 0.1) is 0 Å². The van der Waals surface area contributed by atoms with Crippen molar-refractivity contribution in [1.82, 2.24) is 15.5 Å². The van der Waals surface area contributed by atoms with Gasteiger partial charge in [-0.2, -0.15) is 0 Å². The largest absolute Gasteiger partial charge is 0.396 e. The minimum Gasteiger partial charge on any atom is -0.396 e. The lowest BCUT2D eigenvalue weighted by molar-refractivity contribution is 0.195. The van der Waals surface area contributed by atoms with Gasteiger partial charge in [-0.1, -0.05) is 20.8 Å². The first-order chi connectivity index (χ1) is 9.43. The Bertz CT molecular complexity index is 297. The van der Waals surface area contributed by atoms with Crippen LogP contribution in [-0.2, 0) is 0 Å². The van der Waals surface area contributed by atoms with E-state index in [4.69, 9.17) is 5.11 Å². The molecule has 1 saturated heterocycles. The van der Waals surface area contributed by atoms with Gasteiger partial charge in [0.25, 0.3) is 0 Å². The summed E-state index contributed by atoms with van der Waals surface area (Å²) in [4.78, 5) is 14.3. The summed E-state index contributed by atoms with van der Waals surface area (Å²) in [7, 11) is 0. The third-order valence-corrected chi connectivity index (χ3v) is 4.10. The summed E-state index contributed by atoms with van der Waals surface area (Å²) in [5, 5.41) is 14.9. The molecular formula is C15H31N3O2. The summed E-state index contributed by atoms with van der Waals surface area (Å²) in [6.07, 6.45) is 2.38. The summed E-state index contributed by atoms with van der Waals surface area (Å²) in [6, 6.07) is 0.318. The number of hydrogen-bond donors (Lipinski definition) is 3. The predicted octanol–water partition coefficient (Wildman–Crippen LogP) is 1.42. The number of hydrogen-bond acceptors (Lipinski definition) is 3. The molecule has 118 valence electrons. The van der Waals surface area contributed by atoms with Crippen molar-refractivity contribution in [3.63, 3.8) is 0 Å². The van der Waals surface area contributed by atoms with Crippen LogP contribution in [0.15, 0.2) is 0 Å². The van der Waals surface area contributed by atoms with Crippen LogP contribution < -0.4 is 10.6 Å². The zero-order chi connectivity index (χ0) is 15.1. The Hall–Kier alpha value is -0.810. The molecule has 5 nitrogen and oxygen atoms in total. The van der Waals surface area contributed by atoms with Crippen molar-refractivity contribution < 1.29 is 9.90 Å². The van der Waals surface area contributed by atoms with Crippen LogP contribution >= 0.6 is 0 Å². The molecule has 1 rings (SSSR count). The van der Waals surface area contributed by atoms with Crippen molar-refractivity contribution in [3.8, 4) is 0 Å². The molecule has 0 saturated carbocycles. The van der Waals surface area contributed by atoms with Crippen molar-refractivity contribution in [2.75, 3.05) is 26.2 Å². The number of urea groups is 1. The molecule has 3 N–H and O–H groups in total. The second-order valence-corrected chi connectivity index (χ2v) is 6.49. The lowest BCUT2D eigenvalue weighted by atomic mass is 10.1. The number of carbonyl (C=O) groups excluding carboxylic acids is 1. The van der Waals surface area contributed by atoms with E-state index < -0.39 is 0 Å². The summed E-state index contributed by atoms with van der Waals surface area (Å²) < 4.78 is 0. The van der Waals surface area contributed by atoms with Crippen molar-refractivity contribution >= 4 is 6.03 Å². The zero-order valence-corrected chi connectivity index (χ0v) is 13.4. The molecule has 0 aromatic carbocycles. The van der Waals surface area contributed by atoms with Gasteiger partial charge in [-0.25, -0.2) is 4.79 Å². The topological polar surface area (TPSA) is 64.6 Å². The molecule has 0 radical (unpaired) electrons. The number of nitrogens with one attached hydrogen (secondary N) is 2. The average Bonchev–Trinajstić information content (AvgIpc) is 2.81. The molecule has 1 heterocycles. The van der Waals surface area contributed by atoms with E-state index in [0.717, 1.165) is 19.5 Å². The van der Waals surface area contributed by atoms with Crippen molar-refractivity contribution in [1.29, 1.82) is 0 Å². The van der Waals surface area contributed by atoms with E-state index in [2.05, 4.69) is 29.4 Å². The molecular weight excluding hydrogens is 254 g/mol. The van der Waals surface area contributed by atoms with Crippen LogP contribution in [0.5, 0.6) is 0 Å². The maximum absolute atomic E-state index is 11.8. The first-order valence-electron chi connectivity index (χ1n) is 7.83. The Balaban J connectivity index is 2.29. The molecule has 1 aliphatic rings. The smallest absolute Gasteiger partial charge is 0.315 e. The lowest BCUT2D eigenvalue weighted by Gasteiger charge is -2.27. The van der Waals surface area contributed by atoms with Crippen LogP contribution in [0.3, 0.4) is 0 Å². The van der Waals surface area contributed by atoms with E-state index in [-0.39, 0.29) is 24.6 Å². The van der Waals surface area contributed by atoms with Gasteiger partial charge < -0.3 is 15.7 Å². The number of aliphatic hydroxyl groups excluding tert-OH is 1. The summed E-state index contributed by atoms with van der Waals surface area (Å²) in [5.74, 6) is 0.736. The Morgan fingerprint density at radius 3 is 2.65 bits per heavy atom. The second-order valence-electron chi connectivity index (χ2n) is 6.49. The standard InChI is InChI=1S/C15H31N3O2/c1-11(2)9-18-7-5-6-14(18)8-16-15(20)17-13(4)12(3)10-19/h11-14,19H,5-10H2,1-4H3,(H2,16,17,20)/t12?,13?,14-/m0/s1. The van der Waals surface area contributed by atoms with Gasteiger partial charge in [0.1, 0.15) is 0 Å². The van der Waals surface area contributed by atoms with E-state index in [0.29, 0.717) is 18.5 Å². The number of rotatable bonds is 7.